The van der Waals surface area contributed by atoms with Crippen molar-refractivity contribution < 1.29 is 23.1 Å². The fourth-order valence-electron chi connectivity index (χ4n) is 1.77. The molecular formula is C15H14F2N4O3S. The highest BCUT2D eigenvalue weighted by Crippen LogP contribution is 2.19. The van der Waals surface area contributed by atoms with Gasteiger partial charge in [-0.25, -0.2) is 28.3 Å². The van der Waals surface area contributed by atoms with E-state index in [1.165, 1.54) is 18.0 Å². The van der Waals surface area contributed by atoms with Crippen LogP contribution in [0, 0.1) is 11.6 Å². The number of amides is 2. The molecule has 132 valence electrons. The Morgan fingerprint density at radius 1 is 1.28 bits per heavy atom. The zero-order valence-electron chi connectivity index (χ0n) is 13.3. The maximum absolute atomic E-state index is 13.6. The van der Waals surface area contributed by atoms with E-state index >= 15 is 0 Å². The molecular weight excluding hydrogens is 354 g/mol. The van der Waals surface area contributed by atoms with Crippen LogP contribution in [0.25, 0.3) is 0 Å². The number of anilines is 2. The van der Waals surface area contributed by atoms with Crippen LogP contribution in [-0.2, 0) is 4.74 Å². The molecule has 1 aromatic heterocycles. The average Bonchev–Trinajstić information content (AvgIpc) is 2.58. The molecule has 0 aliphatic carbocycles. The maximum Gasteiger partial charge on any atom is 0.343 e. The third kappa shape index (κ3) is 4.86. The summed E-state index contributed by atoms with van der Waals surface area (Å²) >= 11 is 1.20. The van der Waals surface area contributed by atoms with E-state index in [-0.39, 0.29) is 23.7 Å². The van der Waals surface area contributed by atoms with Gasteiger partial charge in [0.2, 0.25) is 0 Å². The number of aromatic nitrogens is 2. The molecule has 0 saturated heterocycles. The first-order valence-corrected chi connectivity index (χ1v) is 8.28. The van der Waals surface area contributed by atoms with Crippen LogP contribution in [-0.4, -0.2) is 34.8 Å². The summed E-state index contributed by atoms with van der Waals surface area (Å²) in [6.45, 7) is 1.75. The molecule has 0 aliphatic heterocycles. The van der Waals surface area contributed by atoms with Gasteiger partial charge in [0.1, 0.15) is 17.2 Å². The smallest absolute Gasteiger partial charge is 0.343 e. The lowest BCUT2D eigenvalue weighted by molar-refractivity contribution is 0.0526. The number of thioether (sulfide) groups is 1. The largest absolute Gasteiger partial charge is 0.462 e. The molecule has 2 amide bonds. The van der Waals surface area contributed by atoms with E-state index in [1.807, 2.05) is 0 Å². The standard InChI is InChI=1S/C15H14F2N4O3S/c1-3-24-13(22)9-7-18-15(25-2)21-12(9)20-14(23)19-11-6-8(16)4-5-10(11)17/h4-7H,3H2,1-2H3,(H2,18,19,20,21,23). The van der Waals surface area contributed by atoms with E-state index in [4.69, 9.17) is 4.74 Å². The topological polar surface area (TPSA) is 93.2 Å². The second-order valence-electron chi connectivity index (χ2n) is 4.54. The van der Waals surface area contributed by atoms with Crippen molar-refractivity contribution in [2.75, 3.05) is 23.5 Å². The number of halogens is 2. The van der Waals surface area contributed by atoms with E-state index in [2.05, 4.69) is 20.6 Å². The predicted molar refractivity (Wildman–Crippen MR) is 88.8 cm³/mol. The quantitative estimate of drug-likeness (QED) is 0.478. The lowest BCUT2D eigenvalue weighted by Crippen LogP contribution is -2.23. The molecule has 0 radical (unpaired) electrons. The number of benzene rings is 1. The maximum atomic E-state index is 13.6. The molecule has 2 rings (SSSR count). The number of carbonyl (C=O) groups excluding carboxylic acids is 2. The monoisotopic (exact) mass is 368 g/mol. The van der Waals surface area contributed by atoms with Gasteiger partial charge in [0.05, 0.1) is 12.3 Å². The van der Waals surface area contributed by atoms with Gasteiger partial charge >= 0.3 is 12.0 Å². The molecule has 7 nitrogen and oxygen atoms in total. The van der Waals surface area contributed by atoms with Gasteiger partial charge in [-0.05, 0) is 25.3 Å². The Morgan fingerprint density at radius 3 is 2.72 bits per heavy atom. The normalized spacial score (nSPS) is 10.2. The Morgan fingerprint density at radius 2 is 2.04 bits per heavy atom. The van der Waals surface area contributed by atoms with Crippen LogP contribution in [0.2, 0.25) is 0 Å². The Balaban J connectivity index is 2.23. The second-order valence-corrected chi connectivity index (χ2v) is 5.32. The number of nitrogens with zero attached hydrogens (tertiary/aromatic N) is 2. The van der Waals surface area contributed by atoms with Crippen LogP contribution >= 0.6 is 11.8 Å². The van der Waals surface area contributed by atoms with Gasteiger partial charge in [0, 0.05) is 12.3 Å². The van der Waals surface area contributed by atoms with Gasteiger partial charge in [-0.3, -0.25) is 5.32 Å². The van der Waals surface area contributed by atoms with Crippen LogP contribution < -0.4 is 10.6 Å². The summed E-state index contributed by atoms with van der Waals surface area (Å²) < 4.78 is 31.6. The lowest BCUT2D eigenvalue weighted by Gasteiger charge is -2.11. The summed E-state index contributed by atoms with van der Waals surface area (Å²) in [6, 6.07) is 1.73. The molecule has 0 aliphatic rings. The molecule has 0 saturated carbocycles. The highest BCUT2D eigenvalue weighted by atomic mass is 32.2. The van der Waals surface area contributed by atoms with Crippen molar-refractivity contribution in [1.29, 1.82) is 0 Å². The Labute approximate surface area is 146 Å². The summed E-state index contributed by atoms with van der Waals surface area (Å²) in [5.74, 6) is -2.35. The van der Waals surface area contributed by atoms with Crippen molar-refractivity contribution in [2.45, 2.75) is 12.1 Å². The van der Waals surface area contributed by atoms with E-state index in [0.29, 0.717) is 5.16 Å². The summed E-state index contributed by atoms with van der Waals surface area (Å²) in [7, 11) is 0. The third-order valence-corrected chi connectivity index (χ3v) is 3.41. The number of carbonyl (C=O) groups is 2. The number of esters is 1. The van der Waals surface area contributed by atoms with E-state index in [9.17, 15) is 18.4 Å². The summed E-state index contributed by atoms with van der Waals surface area (Å²) in [5, 5.41) is 4.77. The molecule has 0 spiro atoms. The van der Waals surface area contributed by atoms with Crippen molar-refractivity contribution in [3.05, 3.63) is 41.6 Å². The fourth-order valence-corrected chi connectivity index (χ4v) is 2.11. The minimum Gasteiger partial charge on any atom is -0.462 e. The van der Waals surface area contributed by atoms with Gasteiger partial charge < -0.3 is 10.1 Å². The first-order chi connectivity index (χ1) is 11.9. The van der Waals surface area contributed by atoms with Crippen molar-refractivity contribution in [1.82, 2.24) is 9.97 Å². The molecule has 0 fully saturated rings. The van der Waals surface area contributed by atoms with Crippen LogP contribution in [0.5, 0.6) is 0 Å². The number of ether oxygens (including phenoxy) is 1. The zero-order valence-corrected chi connectivity index (χ0v) is 14.1. The van der Waals surface area contributed by atoms with Gasteiger partial charge in [-0.15, -0.1) is 0 Å². The highest BCUT2D eigenvalue weighted by molar-refractivity contribution is 7.98. The Hall–Kier alpha value is -2.75. The molecule has 1 aromatic carbocycles. The second kappa shape index (κ2) is 8.38. The van der Waals surface area contributed by atoms with Crippen molar-refractivity contribution in [3.8, 4) is 0 Å². The van der Waals surface area contributed by atoms with Gasteiger partial charge in [0.25, 0.3) is 0 Å². The lowest BCUT2D eigenvalue weighted by atomic mass is 10.3. The van der Waals surface area contributed by atoms with E-state index in [0.717, 1.165) is 18.2 Å². The molecule has 10 heteroatoms. The number of rotatable bonds is 5. The molecule has 0 unspecified atom stereocenters. The summed E-state index contributed by atoms with van der Waals surface area (Å²) in [5.41, 5.74) is -0.413. The fraction of sp³-hybridized carbons (Fsp3) is 0.200. The SMILES string of the molecule is CCOC(=O)c1cnc(SC)nc1NC(=O)Nc1cc(F)ccc1F. The Bertz CT molecular complexity index is 804. The van der Waals surface area contributed by atoms with Crippen LogP contribution in [0.4, 0.5) is 25.1 Å². The summed E-state index contributed by atoms with van der Waals surface area (Å²) in [6.07, 6.45) is 2.93. The first kappa shape index (κ1) is 18.6. The van der Waals surface area contributed by atoms with Crippen molar-refractivity contribution in [2.24, 2.45) is 0 Å². The molecule has 0 atom stereocenters. The minimum atomic E-state index is -0.902. The molecule has 2 aromatic rings. The third-order valence-electron chi connectivity index (χ3n) is 2.85. The highest BCUT2D eigenvalue weighted by Gasteiger charge is 2.18. The molecule has 0 bridgehead atoms. The van der Waals surface area contributed by atoms with E-state index in [1.54, 1.807) is 13.2 Å². The summed E-state index contributed by atoms with van der Waals surface area (Å²) in [4.78, 5) is 31.9. The van der Waals surface area contributed by atoms with Gasteiger partial charge in [0.15, 0.2) is 11.0 Å². The molecule has 2 N–H and O–H groups in total. The number of urea groups is 1. The van der Waals surface area contributed by atoms with E-state index < -0.39 is 23.6 Å². The number of hydrogen-bond donors (Lipinski definition) is 2. The van der Waals surface area contributed by atoms with Crippen molar-refractivity contribution >= 4 is 35.3 Å². The van der Waals surface area contributed by atoms with Gasteiger partial charge in [-0.1, -0.05) is 11.8 Å². The first-order valence-electron chi connectivity index (χ1n) is 7.05. The van der Waals surface area contributed by atoms with Crippen LogP contribution in [0.3, 0.4) is 0 Å². The number of hydrogen-bond acceptors (Lipinski definition) is 6. The minimum absolute atomic E-state index is 0.0606. The molecule has 25 heavy (non-hydrogen) atoms. The number of nitrogens with one attached hydrogen (secondary N) is 2. The molecule has 1 heterocycles. The van der Waals surface area contributed by atoms with Crippen molar-refractivity contribution in [3.63, 3.8) is 0 Å². The zero-order chi connectivity index (χ0) is 18.4. The van der Waals surface area contributed by atoms with Crippen LogP contribution in [0.15, 0.2) is 29.6 Å². The Kier molecular flexibility index (Phi) is 6.23. The van der Waals surface area contributed by atoms with Crippen LogP contribution in [0.1, 0.15) is 17.3 Å². The average molecular weight is 368 g/mol. The predicted octanol–water partition coefficient (Wildman–Crippen LogP) is 3.30. The van der Waals surface area contributed by atoms with Gasteiger partial charge in [-0.2, -0.15) is 0 Å².